The number of benzene rings is 1. The van der Waals surface area contributed by atoms with Gasteiger partial charge in [-0.05, 0) is 55.0 Å². The summed E-state index contributed by atoms with van der Waals surface area (Å²) in [7, 11) is 0. The summed E-state index contributed by atoms with van der Waals surface area (Å²) in [6, 6.07) is 6.25. The van der Waals surface area contributed by atoms with Crippen molar-refractivity contribution in [3.05, 3.63) is 59.7 Å². The fourth-order valence-corrected chi connectivity index (χ4v) is 4.55. The smallest absolute Gasteiger partial charge is 0.346 e. The first-order valence-corrected chi connectivity index (χ1v) is 9.43. The second-order valence-corrected chi connectivity index (χ2v) is 8.31. The summed E-state index contributed by atoms with van der Waals surface area (Å²) >= 11 is 0. The van der Waals surface area contributed by atoms with Gasteiger partial charge in [0.25, 0.3) is 5.91 Å². The minimum atomic E-state index is -4.57. The standard InChI is InChI=1S/C21H19F4N3O2/c1-12(17(29)27-16-4-2-15(22)3-5-16)19-9-20(10-19,11-19)28-18(30)13-6-14(8-26-7-13)21(23,24)25/h2-8,12H,9-11H2,1H3,(H,27,29)(H,28,30)/t12-,19?,20?/m1/s1. The van der Waals surface area contributed by atoms with Crippen LogP contribution in [-0.2, 0) is 11.0 Å². The highest BCUT2D eigenvalue weighted by atomic mass is 19.4. The molecule has 5 rings (SSSR count). The van der Waals surface area contributed by atoms with Crippen LogP contribution in [-0.4, -0.2) is 22.3 Å². The molecule has 2 N–H and O–H groups in total. The first-order valence-electron chi connectivity index (χ1n) is 9.43. The molecule has 1 atom stereocenters. The van der Waals surface area contributed by atoms with Crippen molar-refractivity contribution < 1.29 is 27.2 Å². The molecule has 0 aliphatic heterocycles. The Kier molecular flexibility index (Phi) is 4.59. The Morgan fingerprint density at radius 2 is 1.73 bits per heavy atom. The molecule has 0 spiro atoms. The highest BCUT2D eigenvalue weighted by molar-refractivity contribution is 5.96. The van der Waals surface area contributed by atoms with E-state index in [9.17, 15) is 27.2 Å². The van der Waals surface area contributed by atoms with Crippen LogP contribution in [0, 0.1) is 17.2 Å². The van der Waals surface area contributed by atoms with E-state index in [1.807, 2.05) is 0 Å². The number of halogens is 4. The maximum atomic E-state index is 13.0. The van der Waals surface area contributed by atoms with Crippen molar-refractivity contribution in [2.24, 2.45) is 11.3 Å². The Morgan fingerprint density at radius 1 is 1.10 bits per heavy atom. The molecule has 9 heteroatoms. The number of amides is 2. The van der Waals surface area contributed by atoms with E-state index < -0.39 is 29.0 Å². The first-order chi connectivity index (χ1) is 14.0. The van der Waals surface area contributed by atoms with Gasteiger partial charge in [-0.25, -0.2) is 4.39 Å². The van der Waals surface area contributed by atoms with Crippen molar-refractivity contribution in [3.63, 3.8) is 0 Å². The van der Waals surface area contributed by atoms with Crippen LogP contribution in [0.1, 0.15) is 42.1 Å². The number of carbonyl (C=O) groups is 2. The van der Waals surface area contributed by atoms with E-state index in [1.54, 1.807) is 6.92 Å². The fraction of sp³-hybridized carbons (Fsp3) is 0.381. The van der Waals surface area contributed by atoms with Crippen molar-refractivity contribution in [2.45, 2.75) is 37.9 Å². The number of anilines is 1. The monoisotopic (exact) mass is 421 g/mol. The van der Waals surface area contributed by atoms with Crippen LogP contribution in [0.4, 0.5) is 23.2 Å². The van der Waals surface area contributed by atoms with E-state index in [-0.39, 0.29) is 22.8 Å². The third-order valence-corrected chi connectivity index (χ3v) is 6.20. The Balaban J connectivity index is 1.34. The van der Waals surface area contributed by atoms with Gasteiger partial charge in [-0.1, -0.05) is 6.92 Å². The van der Waals surface area contributed by atoms with Crippen LogP contribution in [0.15, 0.2) is 42.7 Å². The third-order valence-electron chi connectivity index (χ3n) is 6.20. The van der Waals surface area contributed by atoms with Gasteiger partial charge in [-0.3, -0.25) is 14.6 Å². The third kappa shape index (κ3) is 3.53. The van der Waals surface area contributed by atoms with Crippen LogP contribution in [0.5, 0.6) is 0 Å². The molecular formula is C21H19F4N3O2. The van der Waals surface area contributed by atoms with E-state index in [2.05, 4.69) is 15.6 Å². The van der Waals surface area contributed by atoms with Crippen molar-refractivity contribution in [2.75, 3.05) is 5.32 Å². The highest BCUT2D eigenvalue weighted by Crippen LogP contribution is 2.70. The van der Waals surface area contributed by atoms with Gasteiger partial charge in [0, 0.05) is 29.5 Å². The van der Waals surface area contributed by atoms with Crippen LogP contribution >= 0.6 is 0 Å². The van der Waals surface area contributed by atoms with Crippen LogP contribution < -0.4 is 10.6 Å². The van der Waals surface area contributed by atoms with Gasteiger partial charge in [-0.15, -0.1) is 0 Å². The molecule has 0 radical (unpaired) electrons. The molecule has 3 aliphatic rings. The number of hydrogen-bond donors (Lipinski definition) is 2. The lowest BCUT2D eigenvalue weighted by atomic mass is 9.36. The molecule has 3 aliphatic carbocycles. The molecule has 1 aromatic heterocycles. The number of alkyl halides is 3. The van der Waals surface area contributed by atoms with Crippen molar-refractivity contribution in [3.8, 4) is 0 Å². The van der Waals surface area contributed by atoms with Gasteiger partial charge < -0.3 is 10.6 Å². The second kappa shape index (κ2) is 6.78. The molecule has 0 unspecified atom stereocenters. The summed E-state index contributed by atoms with van der Waals surface area (Å²) in [5.74, 6) is -1.51. The maximum Gasteiger partial charge on any atom is 0.417 e. The van der Waals surface area contributed by atoms with Gasteiger partial charge in [0.15, 0.2) is 0 Å². The number of hydrogen-bond acceptors (Lipinski definition) is 3. The molecule has 2 aromatic rings. The van der Waals surface area contributed by atoms with Gasteiger partial charge in [0.05, 0.1) is 11.1 Å². The average Bonchev–Trinajstić information content (AvgIpc) is 2.64. The summed E-state index contributed by atoms with van der Waals surface area (Å²) in [4.78, 5) is 28.5. The lowest BCUT2D eigenvalue weighted by molar-refractivity contribution is -0.184. The van der Waals surface area contributed by atoms with Gasteiger partial charge in [0.2, 0.25) is 5.91 Å². The van der Waals surface area contributed by atoms with Crippen LogP contribution in [0.25, 0.3) is 0 Å². The van der Waals surface area contributed by atoms with Gasteiger partial charge >= 0.3 is 6.18 Å². The molecule has 1 aromatic carbocycles. The van der Waals surface area contributed by atoms with Crippen molar-refractivity contribution >= 4 is 17.5 Å². The molecule has 158 valence electrons. The summed E-state index contributed by atoms with van der Waals surface area (Å²) < 4.78 is 51.4. The summed E-state index contributed by atoms with van der Waals surface area (Å²) in [5.41, 5.74) is -1.36. The van der Waals surface area contributed by atoms with Gasteiger partial charge in [-0.2, -0.15) is 13.2 Å². The lowest BCUT2D eigenvalue weighted by Gasteiger charge is -2.72. The number of aromatic nitrogens is 1. The molecule has 2 bridgehead atoms. The quantitative estimate of drug-likeness (QED) is 0.712. The Hall–Kier alpha value is -2.97. The van der Waals surface area contributed by atoms with E-state index in [4.69, 9.17) is 0 Å². The van der Waals surface area contributed by atoms with E-state index >= 15 is 0 Å². The zero-order valence-corrected chi connectivity index (χ0v) is 16.0. The van der Waals surface area contributed by atoms with E-state index in [0.717, 1.165) is 12.3 Å². The largest absolute Gasteiger partial charge is 0.417 e. The molecule has 3 fully saturated rings. The molecule has 3 saturated carbocycles. The van der Waals surface area contributed by atoms with Crippen LogP contribution in [0.2, 0.25) is 0 Å². The summed E-state index contributed by atoms with van der Waals surface area (Å²) in [6.07, 6.45) is -1.06. The summed E-state index contributed by atoms with van der Waals surface area (Å²) in [5, 5.41) is 5.57. The first kappa shape index (κ1) is 20.3. The SMILES string of the molecule is C[C@H](C(=O)Nc1ccc(F)cc1)C12CC(NC(=O)c3cncc(C(F)(F)F)c3)(C1)C2. The molecule has 2 amide bonds. The minimum absolute atomic E-state index is 0.147. The normalized spacial score (nSPS) is 25.5. The zero-order valence-electron chi connectivity index (χ0n) is 16.0. The predicted molar refractivity (Wildman–Crippen MR) is 99.9 cm³/mol. The molecule has 1 heterocycles. The topological polar surface area (TPSA) is 71.1 Å². The maximum absolute atomic E-state index is 13.0. The predicted octanol–water partition coefficient (Wildman–Crippen LogP) is 4.17. The van der Waals surface area contributed by atoms with Crippen molar-refractivity contribution in [1.29, 1.82) is 0 Å². The number of nitrogens with one attached hydrogen (secondary N) is 2. The molecule has 0 saturated heterocycles. The Bertz CT molecular complexity index is 984. The average molecular weight is 421 g/mol. The Morgan fingerprint density at radius 3 is 2.33 bits per heavy atom. The number of carbonyl (C=O) groups excluding carboxylic acids is 2. The second-order valence-electron chi connectivity index (χ2n) is 8.31. The highest BCUT2D eigenvalue weighted by Gasteiger charge is 2.71. The van der Waals surface area contributed by atoms with Crippen molar-refractivity contribution in [1.82, 2.24) is 10.3 Å². The van der Waals surface area contributed by atoms with E-state index in [1.165, 1.54) is 24.3 Å². The lowest BCUT2D eigenvalue weighted by Crippen LogP contribution is -2.77. The summed E-state index contributed by atoms with van der Waals surface area (Å²) in [6.45, 7) is 1.81. The van der Waals surface area contributed by atoms with Gasteiger partial charge in [0.1, 0.15) is 5.82 Å². The number of rotatable bonds is 5. The molecule has 5 nitrogen and oxygen atoms in total. The molecule has 30 heavy (non-hydrogen) atoms. The number of pyridine rings is 1. The van der Waals surface area contributed by atoms with E-state index in [0.29, 0.717) is 31.1 Å². The molecular weight excluding hydrogens is 402 g/mol. The fourth-order valence-electron chi connectivity index (χ4n) is 4.55. The van der Waals surface area contributed by atoms with Crippen LogP contribution in [0.3, 0.4) is 0 Å². The number of nitrogens with zero attached hydrogens (tertiary/aromatic N) is 1. The zero-order chi connectivity index (χ0) is 21.7. The minimum Gasteiger partial charge on any atom is -0.346 e. The Labute approximate surface area is 169 Å².